The Hall–Kier alpha value is -5.35. The lowest BCUT2D eigenvalue weighted by molar-refractivity contribution is 0.671. The quantitative estimate of drug-likeness (QED) is 0.238. The third-order valence-corrected chi connectivity index (χ3v) is 7.95. The lowest BCUT2D eigenvalue weighted by atomic mass is 10.1. The first kappa shape index (κ1) is 20.7. The number of hydrogen-bond donors (Lipinski definition) is 0. The number of furan rings is 1. The van der Waals surface area contributed by atoms with E-state index >= 15 is 0 Å². The minimum absolute atomic E-state index is 0.865. The van der Waals surface area contributed by atoms with Crippen molar-refractivity contribution in [2.45, 2.75) is 0 Å². The van der Waals surface area contributed by atoms with Gasteiger partial charge >= 0.3 is 0 Å². The van der Waals surface area contributed by atoms with E-state index in [1.807, 2.05) is 24.4 Å². The van der Waals surface area contributed by atoms with Gasteiger partial charge in [-0.25, -0.2) is 0 Å². The third kappa shape index (κ3) is 2.75. The number of fused-ring (bicyclic) bond motifs is 10. The van der Waals surface area contributed by atoms with Crippen LogP contribution in [0.2, 0.25) is 0 Å². The molecule has 39 heavy (non-hydrogen) atoms. The van der Waals surface area contributed by atoms with Crippen LogP contribution in [0.3, 0.4) is 0 Å². The highest BCUT2D eigenvalue weighted by molar-refractivity contribution is 6.20. The van der Waals surface area contributed by atoms with E-state index in [1.165, 1.54) is 21.8 Å². The summed E-state index contributed by atoms with van der Waals surface area (Å²) in [7, 11) is 0. The largest absolute Gasteiger partial charge is 0.454 e. The number of benzene rings is 5. The topological polar surface area (TPSA) is 35.9 Å². The predicted octanol–water partition coefficient (Wildman–Crippen LogP) is 9.18. The van der Waals surface area contributed by atoms with E-state index in [4.69, 9.17) is 9.40 Å². The summed E-state index contributed by atoms with van der Waals surface area (Å²) in [5.74, 6) is 0. The van der Waals surface area contributed by atoms with Crippen LogP contribution in [0.15, 0.2) is 132 Å². The van der Waals surface area contributed by atoms with E-state index in [1.54, 1.807) is 0 Å². The van der Waals surface area contributed by atoms with Crippen LogP contribution in [0.4, 0.5) is 0 Å². The molecule has 0 N–H and O–H groups in total. The van der Waals surface area contributed by atoms with Crippen molar-refractivity contribution in [1.82, 2.24) is 14.1 Å². The highest BCUT2D eigenvalue weighted by Crippen LogP contribution is 2.40. The Kier molecular flexibility index (Phi) is 4.02. The first-order chi connectivity index (χ1) is 19.4. The van der Waals surface area contributed by atoms with E-state index < -0.39 is 0 Å². The normalized spacial score (nSPS) is 12.1. The molecule has 0 spiro atoms. The van der Waals surface area contributed by atoms with Gasteiger partial charge < -0.3 is 13.6 Å². The lowest BCUT2D eigenvalue weighted by Gasteiger charge is -2.10. The third-order valence-electron chi connectivity index (χ3n) is 7.95. The average Bonchev–Trinajstić information content (AvgIpc) is 3.65. The number of nitrogens with zero attached hydrogens (tertiary/aromatic N) is 3. The van der Waals surface area contributed by atoms with Crippen molar-refractivity contribution in [3.05, 3.63) is 128 Å². The van der Waals surface area contributed by atoms with E-state index in [0.717, 1.165) is 55.2 Å². The first-order valence-electron chi connectivity index (χ1n) is 13.2. The molecule has 0 fully saturated rings. The molecule has 4 nitrogen and oxygen atoms in total. The van der Waals surface area contributed by atoms with Crippen LogP contribution < -0.4 is 0 Å². The van der Waals surface area contributed by atoms with Gasteiger partial charge in [0.05, 0.1) is 16.6 Å². The van der Waals surface area contributed by atoms with Gasteiger partial charge in [-0.2, -0.15) is 0 Å². The molecule has 0 aliphatic carbocycles. The molecule has 5 aromatic carbocycles. The monoisotopic (exact) mass is 499 g/mol. The number of para-hydroxylation sites is 4. The number of rotatable bonds is 2. The van der Waals surface area contributed by atoms with Crippen molar-refractivity contribution >= 4 is 65.7 Å². The zero-order valence-electron chi connectivity index (χ0n) is 20.9. The van der Waals surface area contributed by atoms with Crippen molar-refractivity contribution in [2.24, 2.45) is 0 Å². The Balaban J connectivity index is 1.43. The maximum Gasteiger partial charge on any atom is 0.163 e. The fourth-order valence-electron chi connectivity index (χ4n) is 6.28. The molecule has 0 bridgehead atoms. The van der Waals surface area contributed by atoms with Crippen molar-refractivity contribution < 1.29 is 4.42 Å². The predicted molar refractivity (Wildman–Crippen MR) is 160 cm³/mol. The smallest absolute Gasteiger partial charge is 0.163 e. The average molecular weight is 500 g/mol. The minimum atomic E-state index is 0.865. The zero-order valence-corrected chi connectivity index (χ0v) is 20.9. The maximum absolute atomic E-state index is 6.51. The standard InChI is InChI=1S/C35H21N3O/c1-2-10-22(11-3-1)37-29-15-7-4-12-24(29)27-20-23(18-19-31(27)37)38-30-16-8-5-14-26(30)33-34(38)35-28(21-36-33)25-13-6-9-17-32(25)39-35/h1-21H. The minimum Gasteiger partial charge on any atom is -0.454 e. The number of hydrogen-bond acceptors (Lipinski definition) is 2. The molecule has 0 amide bonds. The summed E-state index contributed by atoms with van der Waals surface area (Å²) in [5, 5.41) is 5.67. The second kappa shape index (κ2) is 7.59. The summed E-state index contributed by atoms with van der Waals surface area (Å²) < 4.78 is 11.2. The van der Waals surface area contributed by atoms with Gasteiger partial charge in [0.2, 0.25) is 0 Å². The molecule has 0 unspecified atom stereocenters. The molecule has 0 aliphatic rings. The molecular weight excluding hydrogens is 478 g/mol. The molecule has 0 radical (unpaired) electrons. The van der Waals surface area contributed by atoms with Crippen LogP contribution in [-0.4, -0.2) is 14.1 Å². The molecule has 9 rings (SSSR count). The second-order valence-corrected chi connectivity index (χ2v) is 10.0. The molecule has 4 aromatic heterocycles. The van der Waals surface area contributed by atoms with Crippen molar-refractivity contribution in [1.29, 1.82) is 0 Å². The maximum atomic E-state index is 6.51. The summed E-state index contributed by atoms with van der Waals surface area (Å²) in [6.07, 6.45) is 1.96. The SMILES string of the molecule is c1ccc(-n2c3ccccc3c3cc(-n4c5ccccc5c5ncc6c7ccccc7oc6c54)ccc32)cc1. The molecule has 0 saturated heterocycles. The van der Waals surface area contributed by atoms with Gasteiger partial charge in [0.25, 0.3) is 0 Å². The van der Waals surface area contributed by atoms with Gasteiger partial charge in [-0.15, -0.1) is 0 Å². The van der Waals surface area contributed by atoms with Crippen LogP contribution in [0.5, 0.6) is 0 Å². The summed E-state index contributed by atoms with van der Waals surface area (Å²) in [6.45, 7) is 0. The van der Waals surface area contributed by atoms with Crippen LogP contribution in [0.25, 0.3) is 77.1 Å². The summed E-state index contributed by atoms with van der Waals surface area (Å²) in [6, 6.07) is 42.7. The molecule has 9 aromatic rings. The summed E-state index contributed by atoms with van der Waals surface area (Å²) in [4.78, 5) is 4.98. The molecular formula is C35H21N3O. The van der Waals surface area contributed by atoms with Gasteiger partial charge in [-0.3, -0.25) is 4.98 Å². The van der Waals surface area contributed by atoms with Crippen LogP contribution in [0.1, 0.15) is 0 Å². The Labute approximate surface area is 222 Å². The number of pyridine rings is 1. The fraction of sp³-hybridized carbons (Fsp3) is 0. The molecule has 0 atom stereocenters. The summed E-state index contributed by atoms with van der Waals surface area (Å²) in [5.41, 5.74) is 9.41. The highest BCUT2D eigenvalue weighted by atomic mass is 16.3. The van der Waals surface area contributed by atoms with Gasteiger partial charge in [0, 0.05) is 44.5 Å². The van der Waals surface area contributed by atoms with Gasteiger partial charge in [0.1, 0.15) is 16.6 Å². The molecule has 0 aliphatic heterocycles. The van der Waals surface area contributed by atoms with Gasteiger partial charge in [-0.05, 0) is 48.5 Å². The van der Waals surface area contributed by atoms with Crippen LogP contribution in [-0.2, 0) is 0 Å². The van der Waals surface area contributed by atoms with Crippen molar-refractivity contribution in [2.75, 3.05) is 0 Å². The molecule has 0 saturated carbocycles. The van der Waals surface area contributed by atoms with E-state index in [9.17, 15) is 0 Å². The van der Waals surface area contributed by atoms with Gasteiger partial charge in [-0.1, -0.05) is 72.8 Å². The van der Waals surface area contributed by atoms with E-state index in [2.05, 4.69) is 112 Å². The summed E-state index contributed by atoms with van der Waals surface area (Å²) >= 11 is 0. The Morgan fingerprint density at radius 2 is 1.15 bits per heavy atom. The Morgan fingerprint density at radius 1 is 0.487 bits per heavy atom. The second-order valence-electron chi connectivity index (χ2n) is 10.0. The molecule has 4 heterocycles. The zero-order chi connectivity index (χ0) is 25.5. The van der Waals surface area contributed by atoms with Crippen molar-refractivity contribution in [3.63, 3.8) is 0 Å². The van der Waals surface area contributed by atoms with Crippen LogP contribution in [0, 0.1) is 0 Å². The highest BCUT2D eigenvalue weighted by Gasteiger charge is 2.21. The molecule has 182 valence electrons. The van der Waals surface area contributed by atoms with Crippen molar-refractivity contribution in [3.8, 4) is 11.4 Å². The Bertz CT molecular complexity index is 2390. The Morgan fingerprint density at radius 3 is 2.00 bits per heavy atom. The fourth-order valence-corrected chi connectivity index (χ4v) is 6.28. The number of aromatic nitrogens is 3. The van der Waals surface area contributed by atoms with E-state index in [0.29, 0.717) is 0 Å². The first-order valence-corrected chi connectivity index (χ1v) is 13.2. The lowest BCUT2D eigenvalue weighted by Crippen LogP contribution is -1.96. The van der Waals surface area contributed by atoms with Gasteiger partial charge in [0.15, 0.2) is 5.58 Å². The van der Waals surface area contributed by atoms with E-state index in [-0.39, 0.29) is 0 Å². The molecule has 4 heteroatoms. The van der Waals surface area contributed by atoms with Crippen LogP contribution >= 0.6 is 0 Å².